The Morgan fingerprint density at radius 1 is 1.53 bits per heavy atom. The van der Waals surface area contributed by atoms with Crippen LogP contribution in [-0.4, -0.2) is 23.2 Å². The first-order valence-corrected chi connectivity index (χ1v) is 7.12. The van der Waals surface area contributed by atoms with E-state index in [0.29, 0.717) is 16.9 Å². The van der Waals surface area contributed by atoms with Crippen LogP contribution in [-0.2, 0) is 6.54 Å². The van der Waals surface area contributed by atoms with Gasteiger partial charge in [0.25, 0.3) is 5.69 Å². The van der Waals surface area contributed by atoms with Crippen molar-refractivity contribution in [3.05, 3.63) is 38.3 Å². The maximum absolute atomic E-state index is 10.8. The Hall–Kier alpha value is -0.980. The van der Waals surface area contributed by atoms with Gasteiger partial charge in [0.1, 0.15) is 0 Å². The zero-order valence-corrected chi connectivity index (χ0v) is 12.5. The molecule has 6 heteroatoms. The number of rotatable bonds is 8. The Morgan fingerprint density at radius 2 is 2.26 bits per heavy atom. The van der Waals surface area contributed by atoms with Crippen molar-refractivity contribution in [3.8, 4) is 0 Å². The van der Waals surface area contributed by atoms with E-state index in [4.69, 9.17) is 5.11 Å². The predicted molar refractivity (Wildman–Crippen MR) is 78.0 cm³/mol. The average Bonchev–Trinajstić information content (AvgIpc) is 2.39. The number of aliphatic hydroxyl groups excluding tert-OH is 1. The predicted octanol–water partition coefficient (Wildman–Crippen LogP) is 2.86. The normalized spacial score (nSPS) is 12.4. The van der Waals surface area contributed by atoms with Gasteiger partial charge in [0, 0.05) is 19.2 Å². The van der Waals surface area contributed by atoms with Gasteiger partial charge in [-0.05, 0) is 40.4 Å². The van der Waals surface area contributed by atoms with Crippen molar-refractivity contribution in [1.29, 1.82) is 0 Å². The van der Waals surface area contributed by atoms with Gasteiger partial charge >= 0.3 is 0 Å². The molecule has 1 aromatic carbocycles. The highest BCUT2D eigenvalue weighted by Crippen LogP contribution is 2.28. The number of benzene rings is 1. The van der Waals surface area contributed by atoms with Gasteiger partial charge in [-0.3, -0.25) is 10.1 Å². The first-order chi connectivity index (χ1) is 9.10. The third-order valence-electron chi connectivity index (χ3n) is 3.12. The summed E-state index contributed by atoms with van der Waals surface area (Å²) in [6, 6.07) is 5.02. The zero-order valence-electron chi connectivity index (χ0n) is 10.9. The third kappa shape index (κ3) is 4.89. The topological polar surface area (TPSA) is 75.4 Å². The molecule has 1 atom stereocenters. The van der Waals surface area contributed by atoms with Gasteiger partial charge in [0.05, 0.1) is 9.40 Å². The summed E-state index contributed by atoms with van der Waals surface area (Å²) in [7, 11) is 0. The Morgan fingerprint density at radius 3 is 2.84 bits per heavy atom. The molecule has 0 aliphatic heterocycles. The molecule has 0 amide bonds. The van der Waals surface area contributed by atoms with Crippen LogP contribution in [0.15, 0.2) is 22.7 Å². The summed E-state index contributed by atoms with van der Waals surface area (Å²) in [6.45, 7) is 3.66. The fraction of sp³-hybridized carbons (Fsp3) is 0.538. The number of nitrogens with one attached hydrogen (secondary N) is 1. The van der Waals surface area contributed by atoms with Crippen LogP contribution in [0.5, 0.6) is 0 Å². The number of aliphatic hydroxyl groups is 1. The molecule has 0 heterocycles. The second-order valence-electron chi connectivity index (χ2n) is 4.42. The molecule has 0 saturated heterocycles. The van der Waals surface area contributed by atoms with Crippen LogP contribution >= 0.6 is 15.9 Å². The van der Waals surface area contributed by atoms with Crippen LogP contribution in [0.2, 0.25) is 0 Å². The molecule has 19 heavy (non-hydrogen) atoms. The first kappa shape index (κ1) is 16.1. The maximum Gasteiger partial charge on any atom is 0.283 e. The summed E-state index contributed by atoms with van der Waals surface area (Å²) in [5, 5.41) is 23.0. The first-order valence-electron chi connectivity index (χ1n) is 6.33. The lowest BCUT2D eigenvalue weighted by Gasteiger charge is -2.14. The molecule has 1 unspecified atom stereocenters. The van der Waals surface area contributed by atoms with Crippen molar-refractivity contribution in [2.75, 3.05) is 13.2 Å². The standard InChI is InChI=1S/C13H19BrN2O3/c1-2-10(6-7-17)8-15-9-11-4-3-5-12(13(11)14)16(18)19/h3-5,10,15,17H,2,6-9H2,1H3. The van der Waals surface area contributed by atoms with Crippen molar-refractivity contribution in [3.63, 3.8) is 0 Å². The average molecular weight is 331 g/mol. The summed E-state index contributed by atoms with van der Waals surface area (Å²) >= 11 is 3.28. The molecular weight excluding hydrogens is 312 g/mol. The number of nitro groups is 1. The molecule has 0 aliphatic carbocycles. The van der Waals surface area contributed by atoms with Crippen LogP contribution < -0.4 is 5.32 Å². The van der Waals surface area contributed by atoms with E-state index >= 15 is 0 Å². The number of nitro benzene ring substituents is 1. The fourth-order valence-electron chi connectivity index (χ4n) is 1.89. The van der Waals surface area contributed by atoms with Crippen molar-refractivity contribution < 1.29 is 10.0 Å². The largest absolute Gasteiger partial charge is 0.396 e. The van der Waals surface area contributed by atoms with E-state index in [1.165, 1.54) is 6.07 Å². The maximum atomic E-state index is 10.8. The highest BCUT2D eigenvalue weighted by atomic mass is 79.9. The third-order valence-corrected chi connectivity index (χ3v) is 4.03. The van der Waals surface area contributed by atoms with Crippen LogP contribution in [0.25, 0.3) is 0 Å². The summed E-state index contributed by atoms with van der Waals surface area (Å²) in [4.78, 5) is 10.4. The lowest BCUT2D eigenvalue weighted by Crippen LogP contribution is -2.23. The van der Waals surface area contributed by atoms with Crippen molar-refractivity contribution >= 4 is 21.6 Å². The van der Waals surface area contributed by atoms with Crippen LogP contribution in [0, 0.1) is 16.0 Å². The van der Waals surface area contributed by atoms with Gasteiger partial charge in [-0.2, -0.15) is 0 Å². The van der Waals surface area contributed by atoms with E-state index in [1.807, 2.05) is 6.07 Å². The lowest BCUT2D eigenvalue weighted by atomic mass is 10.0. The number of nitrogens with zero attached hydrogens (tertiary/aromatic N) is 1. The number of hydrogen-bond donors (Lipinski definition) is 2. The summed E-state index contributed by atoms with van der Waals surface area (Å²) in [5.41, 5.74) is 0.953. The minimum absolute atomic E-state index is 0.0849. The van der Waals surface area contributed by atoms with Gasteiger partial charge in [-0.15, -0.1) is 0 Å². The molecule has 1 aromatic rings. The molecule has 5 nitrogen and oxygen atoms in total. The van der Waals surface area contributed by atoms with Crippen LogP contribution in [0.4, 0.5) is 5.69 Å². The van der Waals surface area contributed by atoms with Crippen molar-refractivity contribution in [1.82, 2.24) is 5.32 Å². The molecule has 0 bridgehead atoms. The van der Waals surface area contributed by atoms with Gasteiger partial charge in [-0.1, -0.05) is 25.5 Å². The van der Waals surface area contributed by atoms with Gasteiger partial charge < -0.3 is 10.4 Å². The molecule has 0 aromatic heterocycles. The summed E-state index contributed by atoms with van der Waals surface area (Å²) < 4.78 is 0.530. The molecule has 0 spiro atoms. The SMILES string of the molecule is CCC(CCO)CNCc1cccc([N+](=O)[O-])c1Br. The van der Waals surface area contributed by atoms with E-state index in [9.17, 15) is 10.1 Å². The van der Waals surface area contributed by atoms with E-state index < -0.39 is 4.92 Å². The molecule has 0 aliphatic rings. The van der Waals surface area contributed by atoms with Crippen molar-refractivity contribution in [2.24, 2.45) is 5.92 Å². The van der Waals surface area contributed by atoms with Gasteiger partial charge in [0.2, 0.25) is 0 Å². The quantitative estimate of drug-likeness (QED) is 0.567. The molecular formula is C13H19BrN2O3. The van der Waals surface area contributed by atoms with Crippen molar-refractivity contribution in [2.45, 2.75) is 26.3 Å². The summed E-state index contributed by atoms with van der Waals surface area (Å²) in [6.07, 6.45) is 1.78. The second-order valence-corrected chi connectivity index (χ2v) is 5.22. The lowest BCUT2D eigenvalue weighted by molar-refractivity contribution is -0.385. The second kappa shape index (κ2) is 8.24. The Bertz CT molecular complexity index is 426. The highest BCUT2D eigenvalue weighted by molar-refractivity contribution is 9.10. The van der Waals surface area contributed by atoms with E-state index in [0.717, 1.165) is 24.9 Å². The zero-order chi connectivity index (χ0) is 14.3. The Labute approximate surface area is 121 Å². The Balaban J connectivity index is 2.58. The van der Waals surface area contributed by atoms with Gasteiger partial charge in [-0.25, -0.2) is 0 Å². The fourth-order valence-corrected chi connectivity index (χ4v) is 2.44. The molecule has 106 valence electrons. The monoisotopic (exact) mass is 330 g/mol. The molecule has 1 rings (SSSR count). The smallest absolute Gasteiger partial charge is 0.283 e. The Kier molecular flexibility index (Phi) is 6.97. The number of halogens is 1. The minimum atomic E-state index is -0.395. The molecule has 0 saturated carbocycles. The van der Waals surface area contributed by atoms with E-state index in [2.05, 4.69) is 28.2 Å². The number of hydrogen-bond acceptors (Lipinski definition) is 4. The highest BCUT2D eigenvalue weighted by Gasteiger charge is 2.14. The van der Waals surface area contributed by atoms with Crippen LogP contribution in [0.3, 0.4) is 0 Å². The summed E-state index contributed by atoms with van der Waals surface area (Å²) in [5.74, 6) is 0.433. The molecule has 0 fully saturated rings. The van der Waals surface area contributed by atoms with Crippen LogP contribution in [0.1, 0.15) is 25.3 Å². The molecule has 2 N–H and O–H groups in total. The van der Waals surface area contributed by atoms with E-state index in [-0.39, 0.29) is 12.3 Å². The molecule has 0 radical (unpaired) electrons. The van der Waals surface area contributed by atoms with Gasteiger partial charge in [0.15, 0.2) is 0 Å². The van der Waals surface area contributed by atoms with E-state index in [1.54, 1.807) is 6.07 Å². The minimum Gasteiger partial charge on any atom is -0.396 e.